The zero-order valence-electron chi connectivity index (χ0n) is 9.41. The molecule has 0 aliphatic heterocycles. The molecule has 0 aliphatic rings. The van der Waals surface area contributed by atoms with Gasteiger partial charge in [-0.3, -0.25) is 4.79 Å². The molecule has 1 heterocycles. The molecule has 19 heavy (non-hydrogen) atoms. The summed E-state index contributed by atoms with van der Waals surface area (Å²) >= 11 is 0. The molecule has 4 nitrogen and oxygen atoms in total. The van der Waals surface area contributed by atoms with Crippen LogP contribution in [0, 0.1) is 11.6 Å². The minimum Gasteiger partial charge on any atom is -0.481 e. The molecule has 0 atom stereocenters. The van der Waals surface area contributed by atoms with E-state index in [-0.39, 0.29) is 17.6 Å². The molecule has 1 aromatic carbocycles. The average Bonchev–Trinajstić information content (AvgIpc) is 2.65. The minimum absolute atomic E-state index is 0.0598. The molecule has 0 saturated heterocycles. The largest absolute Gasteiger partial charge is 0.481 e. The molecule has 2 rings (SSSR count). The molecule has 0 aliphatic carbocycles. The number of aryl methyl sites for hydroxylation is 1. The highest BCUT2D eigenvalue weighted by molar-refractivity contribution is 5.76. The van der Waals surface area contributed by atoms with Crippen LogP contribution >= 0.6 is 0 Å². The third kappa shape index (κ3) is 2.51. The highest BCUT2D eigenvalue weighted by Gasteiger charge is 2.20. The Hall–Kier alpha value is -2.12. The number of aromatic nitrogens is 2. The van der Waals surface area contributed by atoms with Crippen molar-refractivity contribution in [1.82, 2.24) is 9.55 Å². The number of fused-ring (bicyclic) bond motifs is 1. The SMILES string of the molecule is O=C(O)CCn1c(C(F)F)nc2cc(F)c(F)cc21. The maximum atomic E-state index is 13.1. The molecular formula is C11H8F4N2O2. The number of benzene rings is 1. The van der Waals surface area contributed by atoms with Gasteiger partial charge in [0.15, 0.2) is 17.5 Å². The summed E-state index contributed by atoms with van der Waals surface area (Å²) in [5.74, 6) is -4.30. The lowest BCUT2D eigenvalue weighted by atomic mass is 10.3. The fraction of sp³-hybridized carbons (Fsp3) is 0.273. The summed E-state index contributed by atoms with van der Waals surface area (Å²) in [7, 11) is 0. The molecule has 0 fully saturated rings. The molecule has 2 aromatic rings. The molecule has 0 radical (unpaired) electrons. The third-order valence-electron chi connectivity index (χ3n) is 2.56. The number of carboxylic acid groups (broad SMARTS) is 1. The van der Waals surface area contributed by atoms with Crippen molar-refractivity contribution in [2.75, 3.05) is 0 Å². The Morgan fingerprint density at radius 2 is 1.95 bits per heavy atom. The predicted octanol–water partition coefficient (Wildman–Crippen LogP) is 2.73. The van der Waals surface area contributed by atoms with E-state index in [1.165, 1.54) is 0 Å². The Morgan fingerprint density at radius 1 is 1.32 bits per heavy atom. The van der Waals surface area contributed by atoms with Crippen LogP contribution in [0.3, 0.4) is 0 Å². The fourth-order valence-corrected chi connectivity index (χ4v) is 1.75. The molecular weight excluding hydrogens is 268 g/mol. The van der Waals surface area contributed by atoms with Gasteiger partial charge >= 0.3 is 5.97 Å². The van der Waals surface area contributed by atoms with Gasteiger partial charge < -0.3 is 9.67 Å². The average molecular weight is 276 g/mol. The second-order valence-corrected chi connectivity index (χ2v) is 3.82. The molecule has 0 spiro atoms. The summed E-state index contributed by atoms with van der Waals surface area (Å²) in [6.07, 6.45) is -3.39. The molecule has 102 valence electrons. The van der Waals surface area contributed by atoms with Crippen molar-refractivity contribution in [2.24, 2.45) is 0 Å². The van der Waals surface area contributed by atoms with E-state index in [0.717, 1.165) is 10.6 Å². The zero-order valence-corrected chi connectivity index (χ0v) is 9.41. The first-order valence-electron chi connectivity index (χ1n) is 5.25. The van der Waals surface area contributed by atoms with Crippen molar-refractivity contribution in [3.05, 3.63) is 29.6 Å². The highest BCUT2D eigenvalue weighted by atomic mass is 19.3. The van der Waals surface area contributed by atoms with Gasteiger partial charge in [-0.1, -0.05) is 0 Å². The van der Waals surface area contributed by atoms with Gasteiger partial charge in [0.1, 0.15) is 0 Å². The van der Waals surface area contributed by atoms with Crippen molar-refractivity contribution < 1.29 is 27.5 Å². The number of hydrogen-bond acceptors (Lipinski definition) is 2. The van der Waals surface area contributed by atoms with Crippen LogP contribution in [-0.4, -0.2) is 20.6 Å². The van der Waals surface area contributed by atoms with E-state index in [4.69, 9.17) is 5.11 Å². The van der Waals surface area contributed by atoms with Crippen LogP contribution in [0.1, 0.15) is 18.7 Å². The Labute approximate surface area is 104 Å². The maximum absolute atomic E-state index is 13.1. The second kappa shape index (κ2) is 4.87. The van der Waals surface area contributed by atoms with Crippen LogP contribution in [0.25, 0.3) is 11.0 Å². The maximum Gasteiger partial charge on any atom is 0.305 e. The fourth-order valence-electron chi connectivity index (χ4n) is 1.75. The van der Waals surface area contributed by atoms with E-state index >= 15 is 0 Å². The summed E-state index contributed by atoms with van der Waals surface area (Å²) in [5.41, 5.74) is -0.199. The Morgan fingerprint density at radius 3 is 2.53 bits per heavy atom. The first-order valence-corrected chi connectivity index (χ1v) is 5.25. The van der Waals surface area contributed by atoms with E-state index in [9.17, 15) is 22.4 Å². The Balaban J connectivity index is 2.58. The molecule has 1 N–H and O–H groups in total. The first kappa shape index (κ1) is 13.3. The van der Waals surface area contributed by atoms with Gasteiger partial charge in [0.25, 0.3) is 6.43 Å². The van der Waals surface area contributed by atoms with Crippen LogP contribution < -0.4 is 0 Å². The lowest BCUT2D eigenvalue weighted by molar-refractivity contribution is -0.137. The molecule has 1 aromatic heterocycles. The number of alkyl halides is 2. The van der Waals surface area contributed by atoms with Crippen molar-refractivity contribution in [1.29, 1.82) is 0 Å². The number of hydrogen-bond donors (Lipinski definition) is 1. The van der Waals surface area contributed by atoms with Crippen molar-refractivity contribution in [3.8, 4) is 0 Å². The Kier molecular flexibility index (Phi) is 3.41. The normalized spacial score (nSPS) is 11.4. The summed E-state index contributed by atoms with van der Waals surface area (Å²) in [5, 5.41) is 8.56. The Bertz CT molecular complexity index is 639. The summed E-state index contributed by atoms with van der Waals surface area (Å²) in [6, 6.07) is 1.43. The first-order chi connectivity index (χ1) is 8.90. The quantitative estimate of drug-likeness (QED) is 0.873. The van der Waals surface area contributed by atoms with E-state index in [1.54, 1.807) is 0 Å². The lowest BCUT2D eigenvalue weighted by Crippen LogP contribution is -2.08. The molecule has 0 amide bonds. The number of halogens is 4. The summed E-state index contributed by atoms with van der Waals surface area (Å²) < 4.78 is 52.5. The van der Waals surface area contributed by atoms with Crippen molar-refractivity contribution >= 4 is 17.0 Å². The number of rotatable bonds is 4. The number of carbonyl (C=O) groups is 1. The topological polar surface area (TPSA) is 55.1 Å². The van der Waals surface area contributed by atoms with E-state index in [2.05, 4.69) is 4.98 Å². The minimum atomic E-state index is -2.97. The monoisotopic (exact) mass is 276 g/mol. The molecule has 0 saturated carbocycles. The van der Waals surface area contributed by atoms with Gasteiger partial charge in [-0.2, -0.15) is 0 Å². The van der Waals surface area contributed by atoms with Crippen molar-refractivity contribution in [3.63, 3.8) is 0 Å². The van der Waals surface area contributed by atoms with Gasteiger partial charge in [-0.25, -0.2) is 22.5 Å². The highest BCUT2D eigenvalue weighted by Crippen LogP contribution is 2.26. The summed E-state index contributed by atoms with van der Waals surface area (Å²) in [6.45, 7) is -0.295. The second-order valence-electron chi connectivity index (χ2n) is 3.82. The van der Waals surface area contributed by atoms with E-state index in [0.29, 0.717) is 6.07 Å². The van der Waals surface area contributed by atoms with Crippen LogP contribution in [0.5, 0.6) is 0 Å². The summed E-state index contributed by atoms with van der Waals surface area (Å²) in [4.78, 5) is 14.0. The number of imidazole rings is 1. The molecule has 8 heteroatoms. The number of aliphatic carboxylic acids is 1. The van der Waals surface area contributed by atoms with Crippen LogP contribution in [0.15, 0.2) is 12.1 Å². The number of nitrogens with zero attached hydrogens (tertiary/aromatic N) is 2. The third-order valence-corrected chi connectivity index (χ3v) is 2.56. The van der Waals surface area contributed by atoms with Gasteiger partial charge in [0, 0.05) is 18.7 Å². The smallest absolute Gasteiger partial charge is 0.305 e. The van der Waals surface area contributed by atoms with Crippen molar-refractivity contribution in [2.45, 2.75) is 19.4 Å². The van der Waals surface area contributed by atoms with Gasteiger partial charge in [-0.05, 0) is 0 Å². The van der Waals surface area contributed by atoms with Gasteiger partial charge in [0.05, 0.1) is 17.5 Å². The lowest BCUT2D eigenvalue weighted by Gasteiger charge is -2.06. The van der Waals surface area contributed by atoms with E-state index < -0.39 is 36.3 Å². The molecule has 0 unspecified atom stereocenters. The van der Waals surface area contributed by atoms with Crippen LogP contribution in [0.2, 0.25) is 0 Å². The van der Waals surface area contributed by atoms with E-state index in [1.807, 2.05) is 0 Å². The van der Waals surface area contributed by atoms with Crippen LogP contribution in [-0.2, 0) is 11.3 Å². The van der Waals surface area contributed by atoms with Gasteiger partial charge in [-0.15, -0.1) is 0 Å². The standard InChI is InChI=1S/C11H8F4N2O2/c12-5-3-7-8(4-6(5)13)17(2-1-9(18)19)11(16-7)10(14)15/h3-4,10H,1-2H2,(H,18,19). The van der Waals surface area contributed by atoms with Crippen LogP contribution in [0.4, 0.5) is 17.6 Å². The zero-order chi connectivity index (χ0) is 14.2. The van der Waals surface area contributed by atoms with Gasteiger partial charge in [0.2, 0.25) is 0 Å². The molecule has 0 bridgehead atoms. The predicted molar refractivity (Wildman–Crippen MR) is 56.9 cm³/mol. The number of carboxylic acids is 1.